The Balaban J connectivity index is 1.12. The largest absolute Gasteiger partial charge is 0.480 e. The van der Waals surface area contributed by atoms with Crippen LogP contribution in [0.4, 0.5) is 10.2 Å². The average Bonchev–Trinajstić information content (AvgIpc) is 3.57. The van der Waals surface area contributed by atoms with E-state index in [4.69, 9.17) is 14.5 Å². The fourth-order valence-electron chi connectivity index (χ4n) is 5.71. The highest BCUT2D eigenvalue weighted by Gasteiger charge is 2.36. The van der Waals surface area contributed by atoms with Crippen LogP contribution in [0.25, 0.3) is 0 Å². The Kier molecular flexibility index (Phi) is 8.14. The maximum Gasteiger partial charge on any atom is 0.325 e. The van der Waals surface area contributed by atoms with Gasteiger partial charge in [0.05, 0.1) is 12.7 Å². The maximum atomic E-state index is 14.2. The predicted octanol–water partition coefficient (Wildman–Crippen LogP) is 4.32. The van der Waals surface area contributed by atoms with Gasteiger partial charge in [-0.2, -0.15) is 0 Å². The Morgan fingerprint density at radius 3 is 3.03 bits per heavy atom. The van der Waals surface area contributed by atoms with Crippen molar-refractivity contribution in [3.8, 4) is 0 Å². The molecule has 0 spiro atoms. The normalized spacial score (nSPS) is 22.8. The molecular formula is C28H36FN3O4. The summed E-state index contributed by atoms with van der Waals surface area (Å²) in [6, 6.07) is 7.99. The first kappa shape index (κ1) is 25.1. The minimum absolute atomic E-state index is 0.00950. The minimum atomic E-state index is -0.951. The first-order valence-corrected chi connectivity index (χ1v) is 13.3. The van der Waals surface area contributed by atoms with Crippen molar-refractivity contribution < 1.29 is 23.8 Å². The second-order valence-electron chi connectivity index (χ2n) is 10.1. The number of carboxylic acids is 1. The molecule has 0 radical (unpaired) electrons. The van der Waals surface area contributed by atoms with Crippen LogP contribution < -0.4 is 5.32 Å². The van der Waals surface area contributed by atoms with E-state index in [9.17, 15) is 14.3 Å². The van der Waals surface area contributed by atoms with E-state index in [2.05, 4.69) is 17.4 Å². The number of carbonyl (C=O) groups is 1. The second-order valence-corrected chi connectivity index (χ2v) is 10.1. The zero-order valence-electron chi connectivity index (χ0n) is 20.8. The van der Waals surface area contributed by atoms with E-state index >= 15 is 0 Å². The standard InChI is InChI=1S/C28H36FN3O4/c29-21-7-9-24(20-11-15-35-18-20)25(16-21)26(28(33)34)32-13-10-23(17-32)36-14-2-1-5-22-8-6-19-4-3-12-30-27(19)31-22/h6-9,16,20,23,26H,1-5,10-15,17-18H2,(H,30,31)(H,33,34)/t20-,23-,26+/m1/s1. The van der Waals surface area contributed by atoms with E-state index in [-0.39, 0.29) is 12.0 Å². The SMILES string of the molecule is O=C(O)[C@H](c1cc(F)ccc1[C@@H]1CCOC1)N1CC[C@@H](OCCCCc2ccc3c(n2)NCCC3)C1. The number of aryl methyl sites for hydroxylation is 2. The van der Waals surface area contributed by atoms with Gasteiger partial charge in [-0.3, -0.25) is 9.69 Å². The molecule has 7 nitrogen and oxygen atoms in total. The van der Waals surface area contributed by atoms with Crippen molar-refractivity contribution in [3.05, 3.63) is 58.5 Å². The molecule has 1 aromatic carbocycles. The molecule has 0 unspecified atom stereocenters. The molecule has 2 aromatic rings. The molecule has 3 aliphatic heterocycles. The Labute approximate surface area is 212 Å². The molecule has 0 aliphatic carbocycles. The second kappa shape index (κ2) is 11.7. The molecule has 0 amide bonds. The van der Waals surface area contributed by atoms with Crippen LogP contribution in [0.15, 0.2) is 30.3 Å². The third kappa shape index (κ3) is 5.88. The number of likely N-dealkylation sites (tertiary alicyclic amines) is 1. The quantitative estimate of drug-likeness (QED) is 0.473. The molecule has 2 saturated heterocycles. The van der Waals surface area contributed by atoms with Crippen molar-refractivity contribution in [2.45, 2.75) is 63.0 Å². The first-order valence-electron chi connectivity index (χ1n) is 13.3. The van der Waals surface area contributed by atoms with Crippen LogP contribution in [0.3, 0.4) is 0 Å². The van der Waals surface area contributed by atoms with Crippen LogP contribution in [-0.2, 0) is 27.1 Å². The minimum Gasteiger partial charge on any atom is -0.480 e. The van der Waals surface area contributed by atoms with Gasteiger partial charge in [0.2, 0.25) is 0 Å². The number of nitrogens with one attached hydrogen (secondary N) is 1. The van der Waals surface area contributed by atoms with E-state index in [1.165, 1.54) is 17.7 Å². The summed E-state index contributed by atoms with van der Waals surface area (Å²) >= 11 is 0. The summed E-state index contributed by atoms with van der Waals surface area (Å²) in [5.74, 6) is -0.211. The summed E-state index contributed by atoms with van der Waals surface area (Å²) in [4.78, 5) is 19.0. The number of hydrogen-bond donors (Lipinski definition) is 2. The zero-order valence-corrected chi connectivity index (χ0v) is 20.8. The zero-order chi connectivity index (χ0) is 24.9. The van der Waals surface area contributed by atoms with Crippen molar-refractivity contribution in [1.82, 2.24) is 9.88 Å². The van der Waals surface area contributed by atoms with Crippen molar-refractivity contribution in [3.63, 3.8) is 0 Å². The Hall–Kier alpha value is -2.55. The summed E-state index contributed by atoms with van der Waals surface area (Å²) in [6.07, 6.45) is 6.70. The van der Waals surface area contributed by atoms with E-state index in [0.29, 0.717) is 38.5 Å². The molecule has 1 aromatic heterocycles. The Morgan fingerprint density at radius 2 is 2.19 bits per heavy atom. The number of anilines is 1. The van der Waals surface area contributed by atoms with Gasteiger partial charge in [0.15, 0.2) is 0 Å². The topological polar surface area (TPSA) is 83.9 Å². The predicted molar refractivity (Wildman–Crippen MR) is 135 cm³/mol. The third-order valence-electron chi connectivity index (χ3n) is 7.62. The van der Waals surface area contributed by atoms with Gasteiger partial charge in [-0.05, 0) is 79.8 Å². The van der Waals surface area contributed by atoms with Crippen molar-refractivity contribution >= 4 is 11.8 Å². The fraction of sp³-hybridized carbons (Fsp3) is 0.571. The number of aromatic nitrogens is 1. The molecule has 8 heteroatoms. The van der Waals surface area contributed by atoms with Gasteiger partial charge in [0, 0.05) is 44.5 Å². The van der Waals surface area contributed by atoms with Gasteiger partial charge in [0.1, 0.15) is 17.7 Å². The number of hydrogen-bond acceptors (Lipinski definition) is 6. The molecule has 2 N–H and O–H groups in total. The summed E-state index contributed by atoms with van der Waals surface area (Å²) in [7, 11) is 0. The van der Waals surface area contributed by atoms with Gasteiger partial charge < -0.3 is 19.9 Å². The Morgan fingerprint density at radius 1 is 1.28 bits per heavy atom. The van der Waals surface area contributed by atoms with E-state index in [0.717, 1.165) is 68.6 Å². The number of halogens is 1. The summed E-state index contributed by atoms with van der Waals surface area (Å²) in [6.45, 7) is 3.99. The van der Waals surface area contributed by atoms with Gasteiger partial charge in [-0.15, -0.1) is 0 Å². The number of unbranched alkanes of at least 4 members (excludes halogenated alkanes) is 1. The number of fused-ring (bicyclic) bond motifs is 1. The number of aliphatic carboxylic acids is 1. The molecule has 3 atom stereocenters. The maximum absolute atomic E-state index is 14.2. The highest BCUT2D eigenvalue weighted by atomic mass is 19.1. The molecule has 36 heavy (non-hydrogen) atoms. The summed E-state index contributed by atoms with van der Waals surface area (Å²) in [5, 5.41) is 13.5. The van der Waals surface area contributed by atoms with Crippen LogP contribution in [0.5, 0.6) is 0 Å². The monoisotopic (exact) mass is 497 g/mol. The lowest BCUT2D eigenvalue weighted by molar-refractivity contribution is -0.143. The Bertz CT molecular complexity index is 1060. The van der Waals surface area contributed by atoms with E-state index in [1.54, 1.807) is 6.07 Å². The smallest absolute Gasteiger partial charge is 0.325 e. The lowest BCUT2D eigenvalue weighted by Gasteiger charge is -2.27. The third-order valence-corrected chi connectivity index (χ3v) is 7.62. The van der Waals surface area contributed by atoms with E-state index in [1.807, 2.05) is 4.90 Å². The van der Waals surface area contributed by atoms with Gasteiger partial charge in [0.25, 0.3) is 0 Å². The molecule has 194 valence electrons. The van der Waals surface area contributed by atoms with Crippen molar-refractivity contribution in [2.75, 3.05) is 44.8 Å². The van der Waals surface area contributed by atoms with E-state index < -0.39 is 17.8 Å². The number of benzene rings is 1. The van der Waals surface area contributed by atoms with Gasteiger partial charge in [-0.25, -0.2) is 9.37 Å². The number of nitrogens with zero attached hydrogens (tertiary/aromatic N) is 2. The number of pyridine rings is 1. The molecule has 5 rings (SSSR count). The van der Waals surface area contributed by atoms with Crippen LogP contribution in [0.2, 0.25) is 0 Å². The van der Waals surface area contributed by atoms with Crippen LogP contribution in [0.1, 0.15) is 66.4 Å². The van der Waals surface area contributed by atoms with Crippen molar-refractivity contribution in [2.24, 2.45) is 0 Å². The molecular weight excluding hydrogens is 461 g/mol. The summed E-state index contributed by atoms with van der Waals surface area (Å²) in [5.41, 5.74) is 3.85. The van der Waals surface area contributed by atoms with Gasteiger partial charge in [-0.1, -0.05) is 12.1 Å². The lowest BCUT2D eigenvalue weighted by Crippen LogP contribution is -2.34. The van der Waals surface area contributed by atoms with Crippen LogP contribution in [0, 0.1) is 5.82 Å². The van der Waals surface area contributed by atoms with Crippen LogP contribution in [-0.4, -0.2) is 66.5 Å². The first-order chi connectivity index (χ1) is 17.6. The molecule has 4 heterocycles. The molecule has 2 fully saturated rings. The van der Waals surface area contributed by atoms with Crippen LogP contribution >= 0.6 is 0 Å². The highest BCUT2D eigenvalue weighted by Crippen LogP contribution is 2.36. The molecule has 0 bridgehead atoms. The lowest BCUT2D eigenvalue weighted by atomic mass is 9.89. The molecule has 3 aliphatic rings. The highest BCUT2D eigenvalue weighted by molar-refractivity contribution is 5.76. The molecule has 0 saturated carbocycles. The number of carboxylic acid groups (broad SMARTS) is 1. The van der Waals surface area contributed by atoms with Crippen molar-refractivity contribution in [1.29, 1.82) is 0 Å². The number of rotatable bonds is 10. The average molecular weight is 498 g/mol. The number of ether oxygens (including phenoxy) is 2. The van der Waals surface area contributed by atoms with Gasteiger partial charge >= 0.3 is 5.97 Å². The summed E-state index contributed by atoms with van der Waals surface area (Å²) < 4.78 is 25.8. The fourth-order valence-corrected chi connectivity index (χ4v) is 5.71.